The molecule has 6 heteroatoms. The van der Waals surface area contributed by atoms with Crippen LogP contribution in [0.3, 0.4) is 0 Å². The highest BCUT2D eigenvalue weighted by molar-refractivity contribution is 9.10. The van der Waals surface area contributed by atoms with Crippen LogP contribution >= 0.6 is 39.0 Å². The van der Waals surface area contributed by atoms with E-state index in [0.717, 1.165) is 51.4 Å². The fourth-order valence-corrected chi connectivity index (χ4v) is 6.19. The number of hydrogen-bond acceptors (Lipinski definition) is 4. The fraction of sp³-hybridized carbons (Fsp3) is 0.455. The average molecular weight is 477 g/mol. The van der Waals surface area contributed by atoms with E-state index < -0.39 is 0 Å². The van der Waals surface area contributed by atoms with Gasteiger partial charge in [-0.1, -0.05) is 53.7 Å². The second-order valence-corrected chi connectivity index (χ2v) is 10.8. The molecule has 148 valence electrons. The minimum atomic E-state index is 0.170. The zero-order chi connectivity index (χ0) is 19.7. The van der Waals surface area contributed by atoms with Crippen molar-refractivity contribution in [2.45, 2.75) is 63.4 Å². The molecule has 4 rings (SSSR count). The molecule has 0 bridgehead atoms. The van der Waals surface area contributed by atoms with Gasteiger partial charge in [-0.05, 0) is 61.3 Å². The lowest BCUT2D eigenvalue weighted by molar-refractivity contribution is 0.481. The van der Waals surface area contributed by atoms with Crippen molar-refractivity contribution >= 4 is 49.2 Å². The van der Waals surface area contributed by atoms with Crippen LogP contribution in [0.1, 0.15) is 49.1 Å². The van der Waals surface area contributed by atoms with Crippen LogP contribution in [0.5, 0.6) is 0 Å². The molecular weight excluding hydrogens is 452 g/mol. The summed E-state index contributed by atoms with van der Waals surface area (Å²) in [5, 5.41) is 1.76. The van der Waals surface area contributed by atoms with E-state index in [1.165, 1.54) is 28.8 Å². The number of aromatic nitrogens is 2. The minimum Gasteiger partial charge on any atom is -0.287 e. The van der Waals surface area contributed by atoms with Gasteiger partial charge in [0.15, 0.2) is 5.16 Å². The summed E-state index contributed by atoms with van der Waals surface area (Å²) in [4.78, 5) is 20.8. The Labute approximate surface area is 182 Å². The standard InChI is InChI=1S/C22H25BrN2OS2/c1-14(2)11-12-25-21(26)19-17-5-3-4-6-18(17)28-20(19)24-22(25)27-13-15-7-9-16(23)10-8-15/h7-10,14H,3-6,11-13H2,1-2H3. The van der Waals surface area contributed by atoms with Crippen molar-refractivity contribution in [2.24, 2.45) is 5.92 Å². The number of nitrogens with zero attached hydrogens (tertiary/aromatic N) is 2. The van der Waals surface area contributed by atoms with E-state index >= 15 is 0 Å². The van der Waals surface area contributed by atoms with Crippen molar-refractivity contribution in [2.75, 3.05) is 0 Å². The van der Waals surface area contributed by atoms with Crippen molar-refractivity contribution < 1.29 is 0 Å². The van der Waals surface area contributed by atoms with Crippen LogP contribution < -0.4 is 5.56 Å². The Morgan fingerprint density at radius 1 is 1.21 bits per heavy atom. The lowest BCUT2D eigenvalue weighted by atomic mass is 9.97. The smallest absolute Gasteiger partial charge is 0.263 e. The maximum Gasteiger partial charge on any atom is 0.263 e. The van der Waals surface area contributed by atoms with Gasteiger partial charge < -0.3 is 0 Å². The van der Waals surface area contributed by atoms with Crippen LogP contribution in [-0.2, 0) is 25.1 Å². The summed E-state index contributed by atoms with van der Waals surface area (Å²) in [7, 11) is 0. The number of rotatable bonds is 6. The Kier molecular flexibility index (Phi) is 6.28. The molecule has 1 aliphatic rings. The van der Waals surface area contributed by atoms with E-state index in [2.05, 4.69) is 54.0 Å². The van der Waals surface area contributed by atoms with E-state index in [4.69, 9.17) is 4.98 Å². The molecule has 0 spiro atoms. The third-order valence-electron chi connectivity index (χ3n) is 5.25. The molecule has 0 saturated carbocycles. The van der Waals surface area contributed by atoms with Gasteiger partial charge >= 0.3 is 0 Å². The van der Waals surface area contributed by atoms with E-state index in [1.807, 2.05) is 4.57 Å². The van der Waals surface area contributed by atoms with Crippen LogP contribution in [0.4, 0.5) is 0 Å². The van der Waals surface area contributed by atoms with Crippen LogP contribution in [-0.4, -0.2) is 9.55 Å². The first kappa shape index (κ1) is 20.2. The molecule has 3 aromatic rings. The molecule has 0 fully saturated rings. The predicted molar refractivity (Wildman–Crippen MR) is 124 cm³/mol. The van der Waals surface area contributed by atoms with Gasteiger partial charge in [-0.25, -0.2) is 4.98 Å². The Morgan fingerprint density at radius 2 is 1.96 bits per heavy atom. The van der Waals surface area contributed by atoms with Gasteiger partial charge in [-0.15, -0.1) is 11.3 Å². The highest BCUT2D eigenvalue weighted by Crippen LogP contribution is 2.35. The van der Waals surface area contributed by atoms with Gasteiger partial charge in [-0.2, -0.15) is 0 Å². The summed E-state index contributed by atoms with van der Waals surface area (Å²) in [6, 6.07) is 8.36. The van der Waals surface area contributed by atoms with Gasteiger partial charge in [0.2, 0.25) is 0 Å². The maximum atomic E-state index is 13.5. The number of thiophene rings is 1. The number of halogens is 1. The highest BCUT2D eigenvalue weighted by atomic mass is 79.9. The normalized spacial score (nSPS) is 14.0. The predicted octanol–water partition coefficient (Wildman–Crippen LogP) is 6.44. The van der Waals surface area contributed by atoms with Crippen molar-refractivity contribution in [3.8, 4) is 0 Å². The van der Waals surface area contributed by atoms with E-state index in [9.17, 15) is 4.79 Å². The van der Waals surface area contributed by atoms with Crippen molar-refractivity contribution in [3.05, 3.63) is 55.1 Å². The second kappa shape index (κ2) is 8.72. The SMILES string of the molecule is CC(C)CCn1c(SCc2ccc(Br)cc2)nc2sc3c(c2c1=O)CCCC3. The van der Waals surface area contributed by atoms with Crippen LogP contribution in [0.25, 0.3) is 10.2 Å². The van der Waals surface area contributed by atoms with E-state index in [1.54, 1.807) is 23.1 Å². The maximum absolute atomic E-state index is 13.5. The molecule has 0 N–H and O–H groups in total. The average Bonchev–Trinajstić information content (AvgIpc) is 3.05. The molecule has 0 radical (unpaired) electrons. The van der Waals surface area contributed by atoms with Crippen molar-refractivity contribution in [1.29, 1.82) is 0 Å². The Balaban J connectivity index is 1.73. The first-order valence-corrected chi connectivity index (χ1v) is 12.5. The van der Waals surface area contributed by atoms with E-state index in [0.29, 0.717) is 5.92 Å². The lowest BCUT2D eigenvalue weighted by Gasteiger charge is -2.14. The van der Waals surface area contributed by atoms with Gasteiger partial charge in [0.05, 0.1) is 5.39 Å². The Hall–Kier alpha value is -1.11. The van der Waals surface area contributed by atoms with Gasteiger partial charge in [0.25, 0.3) is 5.56 Å². The van der Waals surface area contributed by atoms with Crippen molar-refractivity contribution in [1.82, 2.24) is 9.55 Å². The molecule has 1 aromatic carbocycles. The number of thioether (sulfide) groups is 1. The summed E-state index contributed by atoms with van der Waals surface area (Å²) < 4.78 is 3.02. The van der Waals surface area contributed by atoms with Crippen LogP contribution in [0.15, 0.2) is 38.7 Å². The van der Waals surface area contributed by atoms with Gasteiger partial charge in [0.1, 0.15) is 4.83 Å². The number of fused-ring (bicyclic) bond motifs is 3. The summed E-state index contributed by atoms with van der Waals surface area (Å²) in [6.45, 7) is 5.16. The van der Waals surface area contributed by atoms with Gasteiger partial charge in [0, 0.05) is 21.6 Å². The number of hydrogen-bond donors (Lipinski definition) is 0. The zero-order valence-corrected chi connectivity index (χ0v) is 19.6. The molecule has 0 atom stereocenters. The second-order valence-electron chi connectivity index (χ2n) is 7.84. The molecule has 28 heavy (non-hydrogen) atoms. The number of benzene rings is 1. The largest absolute Gasteiger partial charge is 0.287 e. The molecule has 0 amide bonds. The molecule has 1 aliphatic carbocycles. The first-order valence-electron chi connectivity index (χ1n) is 9.95. The lowest BCUT2D eigenvalue weighted by Crippen LogP contribution is -2.24. The molecule has 2 aromatic heterocycles. The molecule has 0 unspecified atom stereocenters. The van der Waals surface area contributed by atoms with E-state index in [-0.39, 0.29) is 5.56 Å². The Bertz CT molecular complexity index is 1040. The summed E-state index contributed by atoms with van der Waals surface area (Å²) in [5.41, 5.74) is 2.69. The van der Waals surface area contributed by atoms with Gasteiger partial charge in [-0.3, -0.25) is 9.36 Å². The minimum absolute atomic E-state index is 0.170. The molecule has 2 heterocycles. The monoisotopic (exact) mass is 476 g/mol. The summed E-state index contributed by atoms with van der Waals surface area (Å²) in [5.74, 6) is 1.38. The highest BCUT2D eigenvalue weighted by Gasteiger charge is 2.22. The fourth-order valence-electron chi connectivity index (χ4n) is 3.64. The third-order valence-corrected chi connectivity index (χ3v) is 8.01. The summed E-state index contributed by atoms with van der Waals surface area (Å²) >= 11 is 6.90. The number of aryl methyl sites for hydroxylation is 2. The molecule has 0 saturated heterocycles. The molecule has 0 aliphatic heterocycles. The third kappa shape index (κ3) is 4.24. The topological polar surface area (TPSA) is 34.9 Å². The van der Waals surface area contributed by atoms with Crippen molar-refractivity contribution in [3.63, 3.8) is 0 Å². The van der Waals surface area contributed by atoms with Crippen LogP contribution in [0.2, 0.25) is 0 Å². The van der Waals surface area contributed by atoms with Crippen LogP contribution in [0, 0.1) is 5.92 Å². The molecular formula is C22H25BrN2OS2. The zero-order valence-electron chi connectivity index (χ0n) is 16.3. The summed E-state index contributed by atoms with van der Waals surface area (Å²) in [6.07, 6.45) is 5.53. The quantitative estimate of drug-likeness (QED) is 0.303. The first-order chi connectivity index (χ1) is 13.5. The Morgan fingerprint density at radius 3 is 2.71 bits per heavy atom. The molecule has 3 nitrogen and oxygen atoms in total.